The number of benzene rings is 1. The molecule has 2 nitrogen and oxygen atoms in total. The maximum atomic E-state index is 11.8. The minimum atomic E-state index is -0.0306. The van der Waals surface area contributed by atoms with Crippen LogP contribution in [0.5, 0.6) is 0 Å². The smallest absolute Gasteiger partial charge is 0.251 e. The minimum absolute atomic E-state index is 0.0306. The Morgan fingerprint density at radius 1 is 1.53 bits per heavy atom. The number of rotatable bonds is 3. The van der Waals surface area contributed by atoms with Crippen molar-refractivity contribution in [2.24, 2.45) is 5.92 Å². The molecule has 0 saturated heterocycles. The van der Waals surface area contributed by atoms with E-state index < -0.39 is 0 Å². The van der Waals surface area contributed by atoms with Crippen molar-refractivity contribution in [3.63, 3.8) is 0 Å². The van der Waals surface area contributed by atoms with Gasteiger partial charge in [0.2, 0.25) is 0 Å². The third-order valence-corrected chi connectivity index (χ3v) is 3.01. The second kappa shape index (κ2) is 4.23. The van der Waals surface area contributed by atoms with Crippen LogP contribution in [0.1, 0.15) is 30.1 Å². The SMILES string of the molecule is CC(NC(=O)c1cccc(Cl)c1)C1CC1. The molecule has 1 amide bonds. The number of halogens is 1. The molecule has 1 aromatic carbocycles. The van der Waals surface area contributed by atoms with Gasteiger partial charge in [-0.05, 0) is 43.9 Å². The predicted molar refractivity (Wildman–Crippen MR) is 61.1 cm³/mol. The van der Waals surface area contributed by atoms with Crippen LogP contribution in [0.3, 0.4) is 0 Å². The van der Waals surface area contributed by atoms with Gasteiger partial charge in [0, 0.05) is 16.6 Å². The summed E-state index contributed by atoms with van der Waals surface area (Å²) in [5.41, 5.74) is 0.634. The van der Waals surface area contributed by atoms with Gasteiger partial charge in [0.25, 0.3) is 5.91 Å². The van der Waals surface area contributed by atoms with E-state index >= 15 is 0 Å². The first kappa shape index (κ1) is 10.5. The summed E-state index contributed by atoms with van der Waals surface area (Å²) in [5, 5.41) is 3.59. The lowest BCUT2D eigenvalue weighted by Gasteiger charge is -2.12. The summed E-state index contributed by atoms with van der Waals surface area (Å²) in [6.45, 7) is 2.06. The van der Waals surface area contributed by atoms with Gasteiger partial charge in [-0.15, -0.1) is 0 Å². The van der Waals surface area contributed by atoms with Crippen LogP contribution in [-0.2, 0) is 0 Å². The largest absolute Gasteiger partial charge is 0.349 e. The molecule has 1 saturated carbocycles. The fraction of sp³-hybridized carbons (Fsp3) is 0.417. The summed E-state index contributed by atoms with van der Waals surface area (Å²) >= 11 is 5.82. The Balaban J connectivity index is 2.00. The topological polar surface area (TPSA) is 29.1 Å². The van der Waals surface area contributed by atoms with Gasteiger partial charge in [-0.1, -0.05) is 17.7 Å². The predicted octanol–water partition coefficient (Wildman–Crippen LogP) is 2.87. The second-order valence-corrected chi connectivity index (χ2v) is 4.55. The molecule has 1 unspecified atom stereocenters. The van der Waals surface area contributed by atoms with E-state index in [2.05, 4.69) is 12.2 Å². The van der Waals surface area contributed by atoms with Crippen molar-refractivity contribution in [1.29, 1.82) is 0 Å². The average Bonchev–Trinajstić information content (AvgIpc) is 3.00. The highest BCUT2D eigenvalue weighted by atomic mass is 35.5. The highest BCUT2D eigenvalue weighted by Gasteiger charge is 2.28. The second-order valence-electron chi connectivity index (χ2n) is 4.11. The van der Waals surface area contributed by atoms with Crippen molar-refractivity contribution in [3.05, 3.63) is 34.9 Å². The van der Waals surface area contributed by atoms with E-state index in [0.29, 0.717) is 16.5 Å². The molecule has 1 atom stereocenters. The van der Waals surface area contributed by atoms with Crippen LogP contribution in [-0.4, -0.2) is 11.9 Å². The van der Waals surface area contributed by atoms with Gasteiger partial charge in [-0.3, -0.25) is 4.79 Å². The maximum Gasteiger partial charge on any atom is 0.251 e. The molecular formula is C12H14ClNO. The Morgan fingerprint density at radius 2 is 2.27 bits per heavy atom. The van der Waals surface area contributed by atoms with Crippen molar-refractivity contribution in [1.82, 2.24) is 5.32 Å². The number of carbonyl (C=O) groups is 1. The first-order valence-corrected chi connectivity index (χ1v) is 5.61. The molecule has 1 aromatic rings. The number of hydrogen-bond acceptors (Lipinski definition) is 1. The van der Waals surface area contributed by atoms with E-state index in [1.54, 1.807) is 24.3 Å². The van der Waals surface area contributed by atoms with Crippen molar-refractivity contribution in [3.8, 4) is 0 Å². The van der Waals surface area contributed by atoms with Crippen LogP contribution in [0.25, 0.3) is 0 Å². The van der Waals surface area contributed by atoms with Gasteiger partial charge in [0.05, 0.1) is 0 Å². The van der Waals surface area contributed by atoms with E-state index in [-0.39, 0.29) is 11.9 Å². The van der Waals surface area contributed by atoms with Crippen LogP contribution >= 0.6 is 11.6 Å². The zero-order valence-electron chi connectivity index (χ0n) is 8.66. The number of amides is 1. The summed E-state index contributed by atoms with van der Waals surface area (Å²) in [7, 11) is 0. The molecule has 0 aliphatic heterocycles. The summed E-state index contributed by atoms with van der Waals surface area (Å²) in [6, 6.07) is 7.30. The van der Waals surface area contributed by atoms with Crippen molar-refractivity contribution < 1.29 is 4.79 Å². The first-order chi connectivity index (χ1) is 7.16. The Kier molecular flexibility index (Phi) is 2.96. The lowest BCUT2D eigenvalue weighted by atomic mass is 10.1. The molecule has 1 aliphatic carbocycles. The van der Waals surface area contributed by atoms with Crippen LogP contribution in [0.2, 0.25) is 5.02 Å². The lowest BCUT2D eigenvalue weighted by molar-refractivity contribution is 0.0936. The van der Waals surface area contributed by atoms with Crippen LogP contribution < -0.4 is 5.32 Å². The Hall–Kier alpha value is -1.02. The Morgan fingerprint density at radius 3 is 2.87 bits per heavy atom. The zero-order valence-corrected chi connectivity index (χ0v) is 9.42. The summed E-state index contributed by atoms with van der Waals surface area (Å²) in [6.07, 6.45) is 2.47. The number of nitrogens with one attached hydrogen (secondary N) is 1. The van der Waals surface area contributed by atoms with E-state index in [1.165, 1.54) is 12.8 Å². The molecular weight excluding hydrogens is 210 g/mol. The monoisotopic (exact) mass is 223 g/mol. The van der Waals surface area contributed by atoms with Gasteiger partial charge in [-0.25, -0.2) is 0 Å². The molecule has 0 radical (unpaired) electrons. The molecule has 15 heavy (non-hydrogen) atoms. The quantitative estimate of drug-likeness (QED) is 0.839. The first-order valence-electron chi connectivity index (χ1n) is 5.23. The van der Waals surface area contributed by atoms with Gasteiger partial charge in [0.1, 0.15) is 0 Å². The number of carbonyl (C=O) groups excluding carboxylic acids is 1. The molecule has 0 aromatic heterocycles. The van der Waals surface area contributed by atoms with Gasteiger partial charge in [0.15, 0.2) is 0 Å². The minimum Gasteiger partial charge on any atom is -0.349 e. The fourth-order valence-corrected chi connectivity index (χ4v) is 1.82. The standard InChI is InChI=1S/C12H14ClNO/c1-8(9-5-6-9)14-12(15)10-3-2-4-11(13)7-10/h2-4,7-9H,5-6H2,1H3,(H,14,15). The zero-order chi connectivity index (χ0) is 10.8. The van der Waals surface area contributed by atoms with Crippen LogP contribution in [0.4, 0.5) is 0 Å². The maximum absolute atomic E-state index is 11.8. The van der Waals surface area contributed by atoms with E-state index in [0.717, 1.165) is 0 Å². The van der Waals surface area contributed by atoms with E-state index in [4.69, 9.17) is 11.6 Å². The van der Waals surface area contributed by atoms with Crippen LogP contribution in [0, 0.1) is 5.92 Å². The van der Waals surface area contributed by atoms with Crippen molar-refractivity contribution >= 4 is 17.5 Å². The molecule has 0 spiro atoms. The molecule has 0 heterocycles. The fourth-order valence-electron chi connectivity index (χ4n) is 1.63. The van der Waals surface area contributed by atoms with Crippen molar-refractivity contribution in [2.75, 3.05) is 0 Å². The summed E-state index contributed by atoms with van der Waals surface area (Å²) in [4.78, 5) is 11.8. The summed E-state index contributed by atoms with van der Waals surface area (Å²) in [5.74, 6) is 0.644. The summed E-state index contributed by atoms with van der Waals surface area (Å²) < 4.78 is 0. The van der Waals surface area contributed by atoms with Crippen LogP contribution in [0.15, 0.2) is 24.3 Å². The average molecular weight is 224 g/mol. The van der Waals surface area contributed by atoms with E-state index in [1.807, 2.05) is 0 Å². The molecule has 1 fully saturated rings. The molecule has 0 bridgehead atoms. The highest BCUT2D eigenvalue weighted by molar-refractivity contribution is 6.30. The van der Waals surface area contributed by atoms with E-state index in [9.17, 15) is 4.79 Å². The Labute approximate surface area is 94.6 Å². The van der Waals surface area contributed by atoms with Crippen molar-refractivity contribution in [2.45, 2.75) is 25.8 Å². The Bertz CT molecular complexity index is 374. The lowest BCUT2D eigenvalue weighted by Crippen LogP contribution is -2.33. The highest BCUT2D eigenvalue weighted by Crippen LogP contribution is 2.32. The third kappa shape index (κ3) is 2.72. The molecule has 1 N–H and O–H groups in total. The normalized spacial score (nSPS) is 17.2. The molecule has 1 aliphatic rings. The van der Waals surface area contributed by atoms with Gasteiger partial charge in [-0.2, -0.15) is 0 Å². The third-order valence-electron chi connectivity index (χ3n) is 2.77. The van der Waals surface area contributed by atoms with Gasteiger partial charge >= 0.3 is 0 Å². The van der Waals surface area contributed by atoms with Gasteiger partial charge < -0.3 is 5.32 Å². The molecule has 80 valence electrons. The molecule has 3 heteroatoms. The molecule has 2 rings (SSSR count). The number of hydrogen-bond donors (Lipinski definition) is 1.